The summed E-state index contributed by atoms with van der Waals surface area (Å²) in [6.45, 7) is 0. The highest BCUT2D eigenvalue weighted by Gasteiger charge is 2.27. The first-order valence-electron chi connectivity index (χ1n) is 5.63. The van der Waals surface area contributed by atoms with Crippen LogP contribution in [-0.4, -0.2) is 15.5 Å². The summed E-state index contributed by atoms with van der Waals surface area (Å²) in [6.07, 6.45) is 0. The molecule has 4 nitrogen and oxygen atoms in total. The molecule has 2 rings (SSSR count). The minimum absolute atomic E-state index is 0.00631. The minimum atomic E-state index is -4.04. The Hall–Kier alpha value is -1.79. The zero-order chi connectivity index (χ0) is 14.9. The average Bonchev–Trinajstić information content (AvgIpc) is 2.38. The summed E-state index contributed by atoms with van der Waals surface area (Å²) in [5.74, 6) is -0.649. The van der Waals surface area contributed by atoms with Crippen LogP contribution in [0.15, 0.2) is 47.4 Å². The minimum Gasteiger partial charge on any atom is -0.398 e. The van der Waals surface area contributed by atoms with E-state index in [9.17, 15) is 12.8 Å². The van der Waals surface area contributed by atoms with E-state index in [2.05, 4.69) is 0 Å². The van der Waals surface area contributed by atoms with Crippen molar-refractivity contribution in [3.8, 4) is 0 Å². The lowest BCUT2D eigenvalue weighted by atomic mass is 10.3. The Kier molecular flexibility index (Phi) is 3.87. The van der Waals surface area contributed by atoms with Crippen LogP contribution < -0.4 is 10.0 Å². The predicted octanol–water partition coefficient (Wildman–Crippen LogP) is 2.89. The molecular weight excluding hydrogens is 303 g/mol. The van der Waals surface area contributed by atoms with Crippen molar-refractivity contribution in [2.24, 2.45) is 0 Å². The second-order valence-electron chi connectivity index (χ2n) is 4.08. The number of nitrogen functional groups attached to an aromatic ring is 1. The van der Waals surface area contributed by atoms with Gasteiger partial charge in [-0.2, -0.15) is 0 Å². The van der Waals surface area contributed by atoms with Gasteiger partial charge >= 0.3 is 0 Å². The lowest BCUT2D eigenvalue weighted by Crippen LogP contribution is -2.28. The van der Waals surface area contributed by atoms with Gasteiger partial charge in [0.05, 0.1) is 16.4 Å². The number of hydrogen-bond acceptors (Lipinski definition) is 3. The molecule has 0 amide bonds. The summed E-state index contributed by atoms with van der Waals surface area (Å²) in [4.78, 5) is -0.229. The fourth-order valence-corrected chi connectivity index (χ4v) is 3.61. The van der Waals surface area contributed by atoms with E-state index < -0.39 is 15.8 Å². The van der Waals surface area contributed by atoms with Gasteiger partial charge in [0.25, 0.3) is 10.0 Å². The summed E-state index contributed by atoms with van der Waals surface area (Å²) in [6, 6.07) is 9.94. The zero-order valence-corrected chi connectivity index (χ0v) is 12.1. The molecule has 0 aliphatic carbocycles. The summed E-state index contributed by atoms with van der Waals surface area (Å²) < 4.78 is 39.6. The van der Waals surface area contributed by atoms with Gasteiger partial charge in [0.2, 0.25) is 0 Å². The van der Waals surface area contributed by atoms with Crippen LogP contribution in [0.1, 0.15) is 0 Å². The van der Waals surface area contributed by atoms with Crippen molar-refractivity contribution in [2.75, 3.05) is 17.1 Å². The Morgan fingerprint density at radius 2 is 1.80 bits per heavy atom. The largest absolute Gasteiger partial charge is 0.398 e. The van der Waals surface area contributed by atoms with E-state index in [-0.39, 0.29) is 21.3 Å². The topological polar surface area (TPSA) is 63.4 Å². The molecule has 0 heterocycles. The molecule has 0 aromatic heterocycles. The van der Waals surface area contributed by atoms with E-state index in [0.717, 1.165) is 4.31 Å². The van der Waals surface area contributed by atoms with Gasteiger partial charge in [0, 0.05) is 7.05 Å². The Morgan fingerprint density at radius 1 is 1.15 bits per heavy atom. The fourth-order valence-electron chi connectivity index (χ4n) is 1.77. The van der Waals surface area contributed by atoms with Crippen molar-refractivity contribution in [3.63, 3.8) is 0 Å². The summed E-state index contributed by atoms with van der Waals surface area (Å²) in [5, 5.41) is -0.00631. The molecule has 0 fully saturated rings. The molecule has 2 N–H and O–H groups in total. The normalized spacial score (nSPS) is 11.3. The van der Waals surface area contributed by atoms with Crippen molar-refractivity contribution >= 4 is 33.0 Å². The maximum absolute atomic E-state index is 13.7. The molecule has 0 bridgehead atoms. The number of para-hydroxylation sites is 1. The monoisotopic (exact) mass is 314 g/mol. The molecule has 0 saturated heterocycles. The second kappa shape index (κ2) is 5.30. The van der Waals surface area contributed by atoms with Crippen LogP contribution in [0.25, 0.3) is 0 Å². The first-order chi connectivity index (χ1) is 9.35. The van der Waals surface area contributed by atoms with Crippen molar-refractivity contribution in [3.05, 3.63) is 53.3 Å². The Balaban J connectivity index is 2.59. The van der Waals surface area contributed by atoms with Crippen molar-refractivity contribution < 1.29 is 12.8 Å². The zero-order valence-electron chi connectivity index (χ0n) is 10.5. The number of nitrogens with zero attached hydrogens (tertiary/aromatic N) is 1. The maximum atomic E-state index is 13.7. The van der Waals surface area contributed by atoms with E-state index in [1.54, 1.807) is 12.1 Å². The predicted molar refractivity (Wildman–Crippen MR) is 77.9 cm³/mol. The molecule has 0 spiro atoms. The molecule has 0 aliphatic rings. The molecule has 106 valence electrons. The van der Waals surface area contributed by atoms with E-state index in [4.69, 9.17) is 17.3 Å². The maximum Gasteiger partial charge on any atom is 0.267 e. The van der Waals surface area contributed by atoms with Gasteiger partial charge in [-0.1, -0.05) is 29.8 Å². The van der Waals surface area contributed by atoms with Gasteiger partial charge in [-0.05, 0) is 24.3 Å². The standard InChI is InChI=1S/C13H12ClFN2O2S/c1-17(12-8-3-2-6-10(12)15)20(18,19)13-9(14)5-4-7-11(13)16/h2-8H,16H2,1H3. The van der Waals surface area contributed by atoms with Crippen LogP contribution in [0, 0.1) is 5.82 Å². The van der Waals surface area contributed by atoms with E-state index in [0.29, 0.717) is 0 Å². The van der Waals surface area contributed by atoms with Crippen LogP contribution in [0.2, 0.25) is 5.02 Å². The van der Waals surface area contributed by atoms with Crippen LogP contribution in [0.5, 0.6) is 0 Å². The molecule has 0 saturated carbocycles. The van der Waals surface area contributed by atoms with Crippen LogP contribution in [0.4, 0.5) is 15.8 Å². The third-order valence-electron chi connectivity index (χ3n) is 2.81. The number of anilines is 2. The number of rotatable bonds is 3. The lowest BCUT2D eigenvalue weighted by Gasteiger charge is -2.21. The molecule has 0 unspecified atom stereocenters. The summed E-state index contributed by atoms with van der Waals surface area (Å²) in [5.41, 5.74) is 5.61. The Morgan fingerprint density at radius 3 is 2.40 bits per heavy atom. The molecule has 0 radical (unpaired) electrons. The third-order valence-corrected chi connectivity index (χ3v) is 5.12. The summed E-state index contributed by atoms with van der Waals surface area (Å²) >= 11 is 5.91. The second-order valence-corrected chi connectivity index (χ2v) is 6.40. The molecule has 2 aromatic carbocycles. The number of halogens is 2. The first-order valence-corrected chi connectivity index (χ1v) is 7.45. The molecule has 0 atom stereocenters. The van der Waals surface area contributed by atoms with Crippen LogP contribution in [-0.2, 0) is 10.0 Å². The highest BCUT2D eigenvalue weighted by molar-refractivity contribution is 7.93. The van der Waals surface area contributed by atoms with Crippen molar-refractivity contribution in [1.29, 1.82) is 0 Å². The highest BCUT2D eigenvalue weighted by atomic mass is 35.5. The number of nitrogens with two attached hydrogens (primary N) is 1. The van der Waals surface area contributed by atoms with Gasteiger partial charge in [0.1, 0.15) is 10.7 Å². The SMILES string of the molecule is CN(c1ccccc1F)S(=O)(=O)c1c(N)cccc1Cl. The van der Waals surface area contributed by atoms with Gasteiger partial charge in [0.15, 0.2) is 0 Å². The van der Waals surface area contributed by atoms with E-state index >= 15 is 0 Å². The molecule has 7 heteroatoms. The van der Waals surface area contributed by atoms with E-state index in [1.165, 1.54) is 37.4 Å². The number of benzene rings is 2. The van der Waals surface area contributed by atoms with Crippen LogP contribution >= 0.6 is 11.6 Å². The van der Waals surface area contributed by atoms with E-state index in [1.807, 2.05) is 0 Å². The lowest BCUT2D eigenvalue weighted by molar-refractivity contribution is 0.590. The smallest absolute Gasteiger partial charge is 0.267 e. The van der Waals surface area contributed by atoms with Gasteiger partial charge < -0.3 is 5.73 Å². The van der Waals surface area contributed by atoms with Gasteiger partial charge in [-0.25, -0.2) is 12.8 Å². The number of hydrogen-bond donors (Lipinski definition) is 1. The number of sulfonamides is 1. The Bertz CT molecular complexity index is 730. The molecule has 2 aromatic rings. The van der Waals surface area contributed by atoms with Crippen LogP contribution in [0.3, 0.4) is 0 Å². The fraction of sp³-hybridized carbons (Fsp3) is 0.0769. The van der Waals surface area contributed by atoms with Gasteiger partial charge in [-0.3, -0.25) is 4.31 Å². The first kappa shape index (κ1) is 14.6. The molecule has 20 heavy (non-hydrogen) atoms. The quantitative estimate of drug-likeness (QED) is 0.886. The van der Waals surface area contributed by atoms with Crippen molar-refractivity contribution in [1.82, 2.24) is 0 Å². The molecule has 0 aliphatic heterocycles. The summed E-state index contributed by atoms with van der Waals surface area (Å²) in [7, 11) is -2.79. The van der Waals surface area contributed by atoms with Crippen molar-refractivity contribution in [2.45, 2.75) is 4.90 Å². The van der Waals surface area contributed by atoms with Gasteiger partial charge in [-0.15, -0.1) is 0 Å². The average molecular weight is 315 g/mol. The molecular formula is C13H12ClFN2O2S. The third kappa shape index (κ3) is 2.44. The highest BCUT2D eigenvalue weighted by Crippen LogP contribution is 2.32. The Labute approximate surface area is 121 Å².